The monoisotopic (exact) mass is 668 g/mol. The van der Waals surface area contributed by atoms with Crippen molar-refractivity contribution in [2.75, 3.05) is 25.9 Å². The molecule has 1 saturated heterocycles. The summed E-state index contributed by atoms with van der Waals surface area (Å²) in [5, 5.41) is 4.06. The number of carbonyl (C=O) groups excluding carboxylic acids is 2. The van der Waals surface area contributed by atoms with E-state index in [-0.39, 0.29) is 18.4 Å². The predicted molar refractivity (Wildman–Crippen MR) is 189 cm³/mol. The minimum absolute atomic E-state index is 0.0533. The van der Waals surface area contributed by atoms with E-state index in [1.165, 1.54) is 6.07 Å². The highest BCUT2D eigenvalue weighted by atomic mass is 16.6. The number of aromatic nitrogens is 1. The summed E-state index contributed by atoms with van der Waals surface area (Å²) < 4.78 is 18.9. The number of fused-ring (bicyclic) bond motifs is 2. The number of rotatable bonds is 10. The van der Waals surface area contributed by atoms with Crippen molar-refractivity contribution in [1.29, 1.82) is 0 Å². The number of nitrogens with two attached hydrogens (primary N) is 1. The number of nitrogens with one attached hydrogen (secondary N) is 1. The van der Waals surface area contributed by atoms with Crippen LogP contribution in [0.25, 0.3) is 11.0 Å². The Morgan fingerprint density at radius 1 is 1.24 bits per heavy atom. The molecule has 0 saturated carbocycles. The van der Waals surface area contributed by atoms with Crippen LogP contribution in [0.2, 0.25) is 0 Å². The first kappa shape index (κ1) is 34.4. The van der Waals surface area contributed by atoms with E-state index in [1.54, 1.807) is 38.3 Å². The highest BCUT2D eigenvalue weighted by molar-refractivity contribution is 5.88. The van der Waals surface area contributed by atoms with Gasteiger partial charge in [0.1, 0.15) is 17.2 Å². The van der Waals surface area contributed by atoms with E-state index in [4.69, 9.17) is 19.6 Å². The summed E-state index contributed by atoms with van der Waals surface area (Å²) in [7, 11) is 1.95. The van der Waals surface area contributed by atoms with Gasteiger partial charge in [0.25, 0.3) is 0 Å². The van der Waals surface area contributed by atoms with Crippen molar-refractivity contribution in [2.45, 2.75) is 89.9 Å². The van der Waals surface area contributed by atoms with Crippen molar-refractivity contribution >= 4 is 28.7 Å². The number of nitrogens with zero attached hydrogens (tertiary/aromatic N) is 2. The topological polar surface area (TPSA) is 137 Å². The molecule has 10 nitrogen and oxygen atoms in total. The number of amides is 1. The second-order valence-electron chi connectivity index (χ2n) is 14.5. The molecule has 0 radical (unpaired) electrons. The third kappa shape index (κ3) is 6.38. The molecule has 3 aromatic rings. The van der Waals surface area contributed by atoms with Crippen LogP contribution < -0.4 is 21.4 Å². The van der Waals surface area contributed by atoms with Gasteiger partial charge in [-0.15, -0.1) is 0 Å². The molecule has 0 bridgehead atoms. The quantitative estimate of drug-likeness (QED) is 0.125. The van der Waals surface area contributed by atoms with Crippen LogP contribution in [-0.2, 0) is 27.2 Å². The number of benzene rings is 1. The van der Waals surface area contributed by atoms with Gasteiger partial charge in [0.2, 0.25) is 5.91 Å². The van der Waals surface area contributed by atoms with Crippen LogP contribution in [0.4, 0.5) is 5.82 Å². The second-order valence-corrected chi connectivity index (χ2v) is 14.5. The van der Waals surface area contributed by atoms with Crippen LogP contribution in [0.3, 0.4) is 0 Å². The molecule has 1 spiro atoms. The fourth-order valence-electron chi connectivity index (χ4n) is 7.82. The number of hydrogen-bond acceptors (Lipinski definition) is 9. The summed E-state index contributed by atoms with van der Waals surface area (Å²) >= 11 is 0. The average Bonchev–Trinajstić information content (AvgIpc) is 3.42. The van der Waals surface area contributed by atoms with E-state index in [1.807, 2.05) is 37.1 Å². The Kier molecular flexibility index (Phi) is 9.46. The summed E-state index contributed by atoms with van der Waals surface area (Å²) in [6.07, 6.45) is 10.5. The molecular weight excluding hydrogens is 620 g/mol. The predicted octanol–water partition coefficient (Wildman–Crippen LogP) is 5.48. The van der Waals surface area contributed by atoms with Crippen molar-refractivity contribution in [2.24, 2.45) is 11.8 Å². The van der Waals surface area contributed by atoms with Crippen molar-refractivity contribution in [1.82, 2.24) is 15.2 Å². The van der Waals surface area contributed by atoms with Gasteiger partial charge in [-0.1, -0.05) is 32.1 Å². The second kappa shape index (κ2) is 13.5. The number of hydrogen-bond donors (Lipinski definition) is 2. The molecule has 1 aromatic carbocycles. The third-order valence-electron chi connectivity index (χ3n) is 10.8. The molecule has 260 valence electrons. The SMILES string of the molecule is C/C=C(\C)C(=O)O[C@]1(C)CC=C[C@H](c2cc(N)ncc2CC(=O)N2C[C@@H](CNC)[C@@H]2CCC(C)C)[C@]12Cc1cc3ccc(=O)oc3cc1O2. The molecule has 5 atom stereocenters. The van der Waals surface area contributed by atoms with Gasteiger partial charge in [-0.05, 0) is 81.5 Å². The molecule has 49 heavy (non-hydrogen) atoms. The molecule has 2 aliphatic heterocycles. The number of likely N-dealkylation sites (tertiary alicyclic amines) is 1. The smallest absolute Gasteiger partial charge is 0.336 e. The molecule has 10 heteroatoms. The van der Waals surface area contributed by atoms with Gasteiger partial charge in [-0.25, -0.2) is 14.6 Å². The van der Waals surface area contributed by atoms with Crippen LogP contribution in [0.5, 0.6) is 5.75 Å². The number of nitrogen functional groups attached to an aromatic ring is 1. The summed E-state index contributed by atoms with van der Waals surface area (Å²) in [6, 6.07) is 8.84. The summed E-state index contributed by atoms with van der Waals surface area (Å²) in [4.78, 5) is 46.0. The van der Waals surface area contributed by atoms with Crippen LogP contribution in [0, 0.1) is 11.8 Å². The number of pyridine rings is 1. The number of allylic oxidation sites excluding steroid dienone is 1. The number of anilines is 1. The third-order valence-corrected chi connectivity index (χ3v) is 10.8. The maximum Gasteiger partial charge on any atom is 0.336 e. The van der Waals surface area contributed by atoms with Crippen molar-refractivity contribution < 1.29 is 23.5 Å². The van der Waals surface area contributed by atoms with E-state index in [0.29, 0.717) is 53.9 Å². The Morgan fingerprint density at radius 3 is 2.78 bits per heavy atom. The first-order valence-corrected chi connectivity index (χ1v) is 17.3. The minimum atomic E-state index is -1.13. The lowest BCUT2D eigenvalue weighted by Gasteiger charge is -2.50. The molecule has 4 heterocycles. The van der Waals surface area contributed by atoms with E-state index in [0.717, 1.165) is 41.5 Å². The van der Waals surface area contributed by atoms with E-state index >= 15 is 0 Å². The molecular formula is C39H48N4O6. The molecule has 3 N–H and O–H groups in total. The van der Waals surface area contributed by atoms with Gasteiger partial charge in [0, 0.05) is 73.1 Å². The fourth-order valence-corrected chi connectivity index (χ4v) is 7.82. The van der Waals surface area contributed by atoms with Gasteiger partial charge in [-0.2, -0.15) is 0 Å². The molecule has 0 unspecified atom stereocenters. The largest absolute Gasteiger partial charge is 0.481 e. The average molecular weight is 669 g/mol. The zero-order chi connectivity index (χ0) is 35.1. The van der Waals surface area contributed by atoms with Gasteiger partial charge in [0.05, 0.1) is 6.42 Å². The Balaban J connectivity index is 1.40. The molecule has 1 fully saturated rings. The lowest BCUT2D eigenvalue weighted by molar-refractivity contribution is -0.182. The van der Waals surface area contributed by atoms with Crippen molar-refractivity contribution in [3.8, 4) is 5.75 Å². The first-order valence-electron chi connectivity index (χ1n) is 17.3. The standard InChI is InChI=1S/C39H48N4O6/c1-7-24(4)37(46)49-38(5)14-8-9-30(39(38)19-26-15-25-11-13-36(45)47-32(25)18-33(26)48-39)29-17-34(40)42-21-27(29)16-35(44)43-22-28(20-41-6)31(43)12-10-23(2)3/h7-9,11,13,15,17-18,21,23,28,30-31,41H,10,12,14,16,19-20,22H2,1-6H3,(H2,40,42)/b24-7+/t28-,30-,31+,38-,39-/m1/s1. The van der Waals surface area contributed by atoms with Crippen molar-refractivity contribution in [3.63, 3.8) is 0 Å². The highest BCUT2D eigenvalue weighted by Gasteiger charge is 2.62. The highest BCUT2D eigenvalue weighted by Crippen LogP contribution is 2.55. The lowest BCUT2D eigenvalue weighted by Crippen LogP contribution is -2.62. The molecule has 1 aliphatic carbocycles. The van der Waals surface area contributed by atoms with Gasteiger partial charge < -0.3 is 29.8 Å². The maximum atomic E-state index is 14.0. The summed E-state index contributed by atoms with van der Waals surface area (Å²) in [5.41, 5.74) is 7.00. The summed E-state index contributed by atoms with van der Waals surface area (Å²) in [5.74, 6) is 1.00. The Bertz CT molecular complexity index is 1880. The van der Waals surface area contributed by atoms with Crippen molar-refractivity contribution in [3.05, 3.63) is 87.4 Å². The van der Waals surface area contributed by atoms with Gasteiger partial charge >= 0.3 is 11.6 Å². The Labute approximate surface area is 287 Å². The van der Waals surface area contributed by atoms with Crippen LogP contribution in [0.15, 0.2) is 69.5 Å². The van der Waals surface area contributed by atoms with E-state index in [2.05, 4.69) is 30.2 Å². The van der Waals surface area contributed by atoms with Crippen LogP contribution in [0.1, 0.15) is 76.5 Å². The van der Waals surface area contributed by atoms with Gasteiger partial charge in [-0.3, -0.25) is 4.79 Å². The molecule has 6 rings (SSSR count). The normalized spacial score (nSPS) is 26.1. The zero-order valence-electron chi connectivity index (χ0n) is 29.4. The van der Waals surface area contributed by atoms with Crippen LogP contribution >= 0.6 is 0 Å². The lowest BCUT2D eigenvalue weighted by atomic mass is 9.64. The first-order chi connectivity index (χ1) is 23.4. The summed E-state index contributed by atoms with van der Waals surface area (Å²) in [6.45, 7) is 11.5. The number of carbonyl (C=O) groups is 2. The maximum absolute atomic E-state index is 14.0. The number of ether oxygens (including phenoxy) is 2. The Hall–Kier alpha value is -4.44. The van der Waals surface area contributed by atoms with E-state index in [9.17, 15) is 14.4 Å². The fraction of sp³-hybridized carbons (Fsp3) is 0.487. The molecule has 1 amide bonds. The molecule has 3 aliphatic rings. The Morgan fingerprint density at radius 2 is 2.04 bits per heavy atom. The zero-order valence-corrected chi connectivity index (χ0v) is 29.4. The van der Waals surface area contributed by atoms with E-state index < -0.39 is 28.7 Å². The minimum Gasteiger partial charge on any atom is -0.481 e. The van der Waals surface area contributed by atoms with Crippen LogP contribution in [-0.4, -0.2) is 59.1 Å². The number of esters is 1. The molecule has 2 aromatic heterocycles. The van der Waals surface area contributed by atoms with Gasteiger partial charge in [0.15, 0.2) is 11.2 Å².